The van der Waals surface area contributed by atoms with E-state index in [-0.39, 0.29) is 0 Å². The zero-order chi connectivity index (χ0) is 11.2. The monoisotopic (exact) mass is 210 g/mol. The Bertz CT molecular complexity index is 461. The standard InChI is InChI=1S/C14H14N2/c15-11-14(12-7-3-1-4-8-12)16-13-9-5-2-6-10-13/h1-10H,11,15H2/b16-14+. The highest BCUT2D eigenvalue weighted by Gasteiger charge is 2.00. The Balaban J connectivity index is 2.34. The molecule has 0 fully saturated rings. The topological polar surface area (TPSA) is 38.4 Å². The molecule has 0 spiro atoms. The third-order valence-corrected chi connectivity index (χ3v) is 2.32. The van der Waals surface area contributed by atoms with Gasteiger partial charge < -0.3 is 5.73 Å². The van der Waals surface area contributed by atoms with Gasteiger partial charge in [0.2, 0.25) is 0 Å². The molecule has 16 heavy (non-hydrogen) atoms. The number of para-hydroxylation sites is 1. The van der Waals surface area contributed by atoms with Crippen molar-refractivity contribution in [2.24, 2.45) is 10.7 Å². The number of hydrogen-bond donors (Lipinski definition) is 1. The maximum atomic E-state index is 5.72. The van der Waals surface area contributed by atoms with Crippen LogP contribution < -0.4 is 5.73 Å². The summed E-state index contributed by atoms with van der Waals surface area (Å²) in [6.07, 6.45) is 0. The molecule has 2 nitrogen and oxygen atoms in total. The first kappa shape index (κ1) is 10.6. The van der Waals surface area contributed by atoms with Gasteiger partial charge in [0, 0.05) is 6.54 Å². The molecule has 2 N–H and O–H groups in total. The van der Waals surface area contributed by atoms with E-state index in [1.54, 1.807) is 0 Å². The van der Waals surface area contributed by atoms with E-state index in [0.717, 1.165) is 17.0 Å². The van der Waals surface area contributed by atoms with Gasteiger partial charge in [-0.3, -0.25) is 4.99 Å². The normalized spacial score (nSPS) is 11.4. The van der Waals surface area contributed by atoms with E-state index in [2.05, 4.69) is 4.99 Å². The molecule has 0 saturated carbocycles. The molecule has 80 valence electrons. The Morgan fingerprint density at radius 3 is 2.00 bits per heavy atom. The van der Waals surface area contributed by atoms with E-state index in [4.69, 9.17) is 5.73 Å². The lowest BCUT2D eigenvalue weighted by Gasteiger charge is -2.03. The van der Waals surface area contributed by atoms with Crippen LogP contribution in [0.1, 0.15) is 5.56 Å². The summed E-state index contributed by atoms with van der Waals surface area (Å²) in [5, 5.41) is 0. The van der Waals surface area contributed by atoms with E-state index in [0.29, 0.717) is 6.54 Å². The zero-order valence-corrected chi connectivity index (χ0v) is 9.01. The van der Waals surface area contributed by atoms with Crippen LogP contribution in [0, 0.1) is 0 Å². The summed E-state index contributed by atoms with van der Waals surface area (Å²) in [4.78, 5) is 4.54. The third-order valence-electron chi connectivity index (χ3n) is 2.32. The van der Waals surface area contributed by atoms with Crippen LogP contribution in [0.2, 0.25) is 0 Å². The van der Waals surface area contributed by atoms with Gasteiger partial charge in [-0.1, -0.05) is 48.5 Å². The summed E-state index contributed by atoms with van der Waals surface area (Å²) in [6.45, 7) is 0.443. The number of rotatable bonds is 3. The highest BCUT2D eigenvalue weighted by molar-refractivity contribution is 6.03. The molecule has 2 aromatic rings. The van der Waals surface area contributed by atoms with E-state index in [1.807, 2.05) is 60.7 Å². The Morgan fingerprint density at radius 2 is 1.44 bits per heavy atom. The van der Waals surface area contributed by atoms with Crippen molar-refractivity contribution in [3.05, 3.63) is 66.2 Å². The van der Waals surface area contributed by atoms with Crippen molar-refractivity contribution in [2.45, 2.75) is 0 Å². The summed E-state index contributed by atoms with van der Waals surface area (Å²) in [5.41, 5.74) is 8.65. The van der Waals surface area contributed by atoms with Crippen LogP contribution in [-0.2, 0) is 0 Å². The van der Waals surface area contributed by atoms with Gasteiger partial charge in [-0.05, 0) is 17.7 Å². The van der Waals surface area contributed by atoms with Gasteiger partial charge >= 0.3 is 0 Å². The fourth-order valence-electron chi connectivity index (χ4n) is 1.52. The summed E-state index contributed by atoms with van der Waals surface area (Å²) in [5.74, 6) is 0. The molecule has 2 rings (SSSR count). The fourth-order valence-corrected chi connectivity index (χ4v) is 1.52. The first-order valence-corrected chi connectivity index (χ1v) is 5.28. The second kappa shape index (κ2) is 5.24. The molecule has 0 saturated heterocycles. The number of nitrogens with two attached hydrogens (primary N) is 1. The highest BCUT2D eigenvalue weighted by Crippen LogP contribution is 2.12. The van der Waals surface area contributed by atoms with Crippen LogP contribution in [0.25, 0.3) is 0 Å². The number of nitrogens with zero attached hydrogens (tertiary/aromatic N) is 1. The molecule has 0 radical (unpaired) electrons. The zero-order valence-electron chi connectivity index (χ0n) is 9.01. The lowest BCUT2D eigenvalue weighted by molar-refractivity contribution is 1.28. The van der Waals surface area contributed by atoms with Crippen LogP contribution in [0.5, 0.6) is 0 Å². The van der Waals surface area contributed by atoms with Gasteiger partial charge in [-0.15, -0.1) is 0 Å². The molecule has 0 bridgehead atoms. The summed E-state index contributed by atoms with van der Waals surface area (Å²) >= 11 is 0. The van der Waals surface area contributed by atoms with Crippen molar-refractivity contribution in [2.75, 3.05) is 6.54 Å². The predicted octanol–water partition coefficient (Wildman–Crippen LogP) is 2.77. The molecule has 0 heterocycles. The van der Waals surface area contributed by atoms with Crippen LogP contribution in [0.15, 0.2) is 65.7 Å². The molecule has 0 aliphatic heterocycles. The van der Waals surface area contributed by atoms with Crippen LogP contribution in [-0.4, -0.2) is 12.3 Å². The highest BCUT2D eigenvalue weighted by atomic mass is 14.8. The molecule has 0 aliphatic carbocycles. The SMILES string of the molecule is NC/C(=N\c1ccccc1)c1ccccc1. The number of benzene rings is 2. The Morgan fingerprint density at radius 1 is 0.875 bits per heavy atom. The van der Waals surface area contributed by atoms with Crippen molar-refractivity contribution >= 4 is 11.4 Å². The Labute approximate surface area is 95.5 Å². The molecule has 0 aromatic heterocycles. The van der Waals surface area contributed by atoms with Crippen molar-refractivity contribution in [1.29, 1.82) is 0 Å². The van der Waals surface area contributed by atoms with Crippen molar-refractivity contribution in [3.8, 4) is 0 Å². The molecular formula is C14H14N2. The van der Waals surface area contributed by atoms with Gasteiger partial charge in [-0.25, -0.2) is 0 Å². The van der Waals surface area contributed by atoms with E-state index in [1.165, 1.54) is 0 Å². The molecule has 2 heteroatoms. The molecular weight excluding hydrogens is 196 g/mol. The minimum absolute atomic E-state index is 0.443. The third kappa shape index (κ3) is 2.55. The number of aliphatic imine (C=N–C) groups is 1. The van der Waals surface area contributed by atoms with Crippen molar-refractivity contribution in [1.82, 2.24) is 0 Å². The second-order valence-corrected chi connectivity index (χ2v) is 3.46. The molecule has 2 aromatic carbocycles. The fraction of sp³-hybridized carbons (Fsp3) is 0.0714. The summed E-state index contributed by atoms with van der Waals surface area (Å²) in [7, 11) is 0. The summed E-state index contributed by atoms with van der Waals surface area (Å²) in [6, 6.07) is 19.9. The second-order valence-electron chi connectivity index (χ2n) is 3.46. The van der Waals surface area contributed by atoms with Gasteiger partial charge in [-0.2, -0.15) is 0 Å². The molecule has 0 amide bonds. The van der Waals surface area contributed by atoms with E-state index < -0.39 is 0 Å². The average Bonchev–Trinajstić information content (AvgIpc) is 2.38. The van der Waals surface area contributed by atoms with Crippen LogP contribution in [0.4, 0.5) is 5.69 Å². The minimum atomic E-state index is 0.443. The predicted molar refractivity (Wildman–Crippen MR) is 68.1 cm³/mol. The molecule has 0 unspecified atom stereocenters. The van der Waals surface area contributed by atoms with Crippen LogP contribution >= 0.6 is 0 Å². The van der Waals surface area contributed by atoms with Gasteiger partial charge in [0.05, 0.1) is 11.4 Å². The van der Waals surface area contributed by atoms with Gasteiger partial charge in [0.1, 0.15) is 0 Å². The lowest BCUT2D eigenvalue weighted by Crippen LogP contribution is -2.14. The van der Waals surface area contributed by atoms with Crippen LogP contribution in [0.3, 0.4) is 0 Å². The summed E-state index contributed by atoms with van der Waals surface area (Å²) < 4.78 is 0. The lowest BCUT2D eigenvalue weighted by atomic mass is 10.1. The van der Waals surface area contributed by atoms with E-state index >= 15 is 0 Å². The first-order valence-electron chi connectivity index (χ1n) is 5.28. The maximum Gasteiger partial charge on any atom is 0.0633 e. The van der Waals surface area contributed by atoms with Crippen molar-refractivity contribution < 1.29 is 0 Å². The first-order chi connectivity index (χ1) is 7.90. The largest absolute Gasteiger partial charge is 0.325 e. The molecule has 0 atom stereocenters. The van der Waals surface area contributed by atoms with Gasteiger partial charge in [0.15, 0.2) is 0 Å². The number of hydrogen-bond acceptors (Lipinski definition) is 2. The Hall–Kier alpha value is -1.93. The average molecular weight is 210 g/mol. The van der Waals surface area contributed by atoms with Gasteiger partial charge in [0.25, 0.3) is 0 Å². The van der Waals surface area contributed by atoms with Crippen molar-refractivity contribution in [3.63, 3.8) is 0 Å². The molecule has 0 aliphatic rings. The minimum Gasteiger partial charge on any atom is -0.325 e. The maximum absolute atomic E-state index is 5.72. The van der Waals surface area contributed by atoms with E-state index in [9.17, 15) is 0 Å². The quantitative estimate of drug-likeness (QED) is 0.777. The smallest absolute Gasteiger partial charge is 0.0633 e. The Kier molecular flexibility index (Phi) is 3.46.